The quantitative estimate of drug-likeness (QED) is 0.648. The minimum absolute atomic E-state index is 1.02. The molecule has 0 aromatic rings. The lowest BCUT2D eigenvalue weighted by Crippen LogP contribution is -2.27. The van der Waals surface area contributed by atoms with Crippen LogP contribution in [0.25, 0.3) is 0 Å². The van der Waals surface area contributed by atoms with Crippen LogP contribution >= 0.6 is 0 Å². The van der Waals surface area contributed by atoms with Crippen LogP contribution < -0.4 is 0 Å². The first-order chi connectivity index (χ1) is 6.63. The van der Waals surface area contributed by atoms with Crippen LogP contribution in [0.3, 0.4) is 0 Å². The van der Waals surface area contributed by atoms with E-state index >= 15 is 0 Å². The molecule has 0 aromatic heterocycles. The van der Waals surface area contributed by atoms with E-state index in [1.165, 1.54) is 16.7 Å². The Balaban J connectivity index is 2.64. The maximum absolute atomic E-state index is 4.11. The van der Waals surface area contributed by atoms with Crippen LogP contribution in [0.15, 0.2) is 35.5 Å². The monoisotopic (exact) mass is 191 g/mol. The van der Waals surface area contributed by atoms with Gasteiger partial charge in [0.25, 0.3) is 0 Å². The highest BCUT2D eigenvalue weighted by molar-refractivity contribution is 5.35. The van der Waals surface area contributed by atoms with Gasteiger partial charge in [-0.1, -0.05) is 31.2 Å². The molecule has 1 saturated heterocycles. The Labute approximate surface area is 87.8 Å². The highest BCUT2D eigenvalue weighted by Crippen LogP contribution is 2.19. The molecule has 0 N–H and O–H groups in total. The van der Waals surface area contributed by atoms with E-state index in [0.29, 0.717) is 0 Å². The zero-order valence-electron chi connectivity index (χ0n) is 9.64. The molecule has 0 bridgehead atoms. The zero-order valence-corrected chi connectivity index (χ0v) is 9.64. The molecule has 1 rings (SSSR count). The first-order valence-electron chi connectivity index (χ1n) is 5.36. The van der Waals surface area contributed by atoms with Gasteiger partial charge >= 0.3 is 0 Å². The number of rotatable bonds is 2. The lowest BCUT2D eigenvalue weighted by Gasteiger charge is -2.26. The predicted octanol–water partition coefficient (Wildman–Crippen LogP) is 3.16. The minimum atomic E-state index is 1.02. The van der Waals surface area contributed by atoms with Gasteiger partial charge in [0.05, 0.1) is 0 Å². The lowest BCUT2D eigenvalue weighted by molar-refractivity contribution is 0.348. The zero-order chi connectivity index (χ0) is 10.6. The molecule has 1 heteroatoms. The third kappa shape index (κ3) is 3.15. The van der Waals surface area contributed by atoms with E-state index in [2.05, 4.69) is 44.5 Å². The summed E-state index contributed by atoms with van der Waals surface area (Å²) in [7, 11) is 2.15. The number of hydrogen-bond donors (Lipinski definition) is 0. The van der Waals surface area contributed by atoms with Crippen molar-refractivity contribution in [2.45, 2.75) is 26.7 Å². The van der Waals surface area contributed by atoms with Crippen LogP contribution in [0, 0.1) is 0 Å². The summed E-state index contributed by atoms with van der Waals surface area (Å²) in [6.45, 7) is 10.6. The van der Waals surface area contributed by atoms with Gasteiger partial charge in [0.15, 0.2) is 0 Å². The second kappa shape index (κ2) is 5.16. The Kier molecular flexibility index (Phi) is 4.15. The molecule has 14 heavy (non-hydrogen) atoms. The van der Waals surface area contributed by atoms with Gasteiger partial charge in [-0.05, 0) is 38.0 Å². The number of likely N-dealkylation sites (N-methyl/N-ethyl adjacent to an activating group) is 1. The van der Waals surface area contributed by atoms with Crippen LogP contribution in [-0.2, 0) is 0 Å². The highest BCUT2D eigenvalue weighted by Gasteiger charge is 2.12. The second-order valence-corrected chi connectivity index (χ2v) is 4.15. The van der Waals surface area contributed by atoms with E-state index in [-0.39, 0.29) is 0 Å². The van der Waals surface area contributed by atoms with E-state index in [1.54, 1.807) is 0 Å². The molecule has 1 fully saturated rings. The van der Waals surface area contributed by atoms with Crippen molar-refractivity contribution in [3.63, 3.8) is 0 Å². The fraction of sp³-hybridized carbons (Fsp3) is 0.538. The second-order valence-electron chi connectivity index (χ2n) is 4.15. The standard InChI is InChI=1S/C13H21N/c1-5-11(2)6-7-13-8-9-14(4)10-12(13)3/h6-7H,3,5,8-10H2,1-2,4H3/b11-6+,13-7-. The molecule has 1 nitrogen and oxygen atoms in total. The normalized spacial score (nSPS) is 23.2. The predicted molar refractivity (Wildman–Crippen MR) is 63.4 cm³/mol. The maximum atomic E-state index is 4.11. The van der Waals surface area contributed by atoms with Crippen molar-refractivity contribution in [2.75, 3.05) is 20.1 Å². The third-order valence-corrected chi connectivity index (χ3v) is 2.80. The van der Waals surface area contributed by atoms with Gasteiger partial charge in [-0.2, -0.15) is 0 Å². The number of nitrogens with zero attached hydrogens (tertiary/aromatic N) is 1. The molecule has 0 spiro atoms. The van der Waals surface area contributed by atoms with Gasteiger partial charge in [-0.15, -0.1) is 0 Å². The summed E-state index contributed by atoms with van der Waals surface area (Å²) >= 11 is 0. The smallest absolute Gasteiger partial charge is 0.0227 e. The van der Waals surface area contributed by atoms with Crippen molar-refractivity contribution < 1.29 is 0 Å². The topological polar surface area (TPSA) is 3.24 Å². The molecular formula is C13H21N. The maximum Gasteiger partial charge on any atom is 0.0227 e. The Morgan fingerprint density at radius 1 is 1.57 bits per heavy atom. The van der Waals surface area contributed by atoms with E-state index in [4.69, 9.17) is 0 Å². The molecule has 78 valence electrons. The number of allylic oxidation sites excluding steroid dienone is 3. The van der Waals surface area contributed by atoms with Crippen LogP contribution in [0.4, 0.5) is 0 Å². The Morgan fingerprint density at radius 3 is 2.86 bits per heavy atom. The summed E-state index contributed by atoms with van der Waals surface area (Å²) in [5.41, 5.74) is 4.14. The number of piperidine rings is 1. The fourth-order valence-corrected chi connectivity index (χ4v) is 1.56. The summed E-state index contributed by atoms with van der Waals surface area (Å²) in [6, 6.07) is 0. The van der Waals surface area contributed by atoms with Crippen molar-refractivity contribution in [1.29, 1.82) is 0 Å². The van der Waals surface area contributed by atoms with E-state index < -0.39 is 0 Å². The fourth-order valence-electron chi connectivity index (χ4n) is 1.56. The van der Waals surface area contributed by atoms with Gasteiger partial charge in [0.2, 0.25) is 0 Å². The Hall–Kier alpha value is -0.820. The van der Waals surface area contributed by atoms with Crippen molar-refractivity contribution in [2.24, 2.45) is 0 Å². The SMILES string of the molecule is C=C1CN(C)CC/C1=C/C=C(\C)CC. The summed E-state index contributed by atoms with van der Waals surface area (Å²) in [6.07, 6.45) is 6.75. The van der Waals surface area contributed by atoms with E-state index in [9.17, 15) is 0 Å². The van der Waals surface area contributed by atoms with Crippen molar-refractivity contribution in [3.05, 3.63) is 35.5 Å². The third-order valence-electron chi connectivity index (χ3n) is 2.80. The van der Waals surface area contributed by atoms with Crippen LogP contribution in [0.2, 0.25) is 0 Å². The van der Waals surface area contributed by atoms with Gasteiger partial charge < -0.3 is 4.90 Å². The minimum Gasteiger partial charge on any atom is -0.302 e. The van der Waals surface area contributed by atoms with Crippen molar-refractivity contribution in [3.8, 4) is 0 Å². The molecule has 0 radical (unpaired) electrons. The van der Waals surface area contributed by atoms with Gasteiger partial charge in [0.1, 0.15) is 0 Å². The number of likely N-dealkylation sites (tertiary alicyclic amines) is 1. The highest BCUT2D eigenvalue weighted by atomic mass is 15.1. The Bertz CT molecular complexity index is 271. The average Bonchev–Trinajstić information content (AvgIpc) is 2.16. The largest absolute Gasteiger partial charge is 0.302 e. The molecule has 0 atom stereocenters. The molecule has 1 aliphatic rings. The van der Waals surface area contributed by atoms with Crippen molar-refractivity contribution in [1.82, 2.24) is 4.90 Å². The van der Waals surface area contributed by atoms with Gasteiger partial charge in [-0.3, -0.25) is 0 Å². The lowest BCUT2D eigenvalue weighted by atomic mass is 9.98. The van der Waals surface area contributed by atoms with Crippen LogP contribution in [0.1, 0.15) is 26.7 Å². The van der Waals surface area contributed by atoms with Crippen LogP contribution in [0.5, 0.6) is 0 Å². The molecule has 0 aromatic carbocycles. The first-order valence-corrected chi connectivity index (χ1v) is 5.36. The van der Waals surface area contributed by atoms with Gasteiger partial charge in [-0.25, -0.2) is 0 Å². The first kappa shape index (κ1) is 11.3. The molecular weight excluding hydrogens is 170 g/mol. The van der Waals surface area contributed by atoms with Crippen LogP contribution in [-0.4, -0.2) is 25.0 Å². The molecule has 0 unspecified atom stereocenters. The van der Waals surface area contributed by atoms with Gasteiger partial charge in [0, 0.05) is 13.1 Å². The molecule has 1 aliphatic heterocycles. The summed E-state index contributed by atoms with van der Waals surface area (Å²) < 4.78 is 0. The summed E-state index contributed by atoms with van der Waals surface area (Å²) in [5.74, 6) is 0. The number of hydrogen-bond acceptors (Lipinski definition) is 1. The summed E-state index contributed by atoms with van der Waals surface area (Å²) in [4.78, 5) is 2.32. The Morgan fingerprint density at radius 2 is 2.29 bits per heavy atom. The van der Waals surface area contributed by atoms with E-state index in [1.807, 2.05) is 0 Å². The average molecular weight is 191 g/mol. The van der Waals surface area contributed by atoms with E-state index in [0.717, 1.165) is 25.9 Å². The molecule has 0 saturated carbocycles. The van der Waals surface area contributed by atoms with Crippen molar-refractivity contribution >= 4 is 0 Å². The molecule has 0 amide bonds. The molecule has 0 aliphatic carbocycles. The summed E-state index contributed by atoms with van der Waals surface area (Å²) in [5, 5.41) is 0. The molecule has 1 heterocycles.